The van der Waals surface area contributed by atoms with E-state index in [4.69, 9.17) is 10.2 Å². The molecule has 0 bridgehead atoms. The minimum absolute atomic E-state index is 0.155. The Kier molecular flexibility index (Phi) is 2.25. The van der Waals surface area contributed by atoms with Crippen molar-refractivity contribution in [3.05, 3.63) is 0 Å². The Bertz CT molecular complexity index is 190. The van der Waals surface area contributed by atoms with E-state index in [-0.39, 0.29) is 11.2 Å². The van der Waals surface area contributed by atoms with Crippen molar-refractivity contribution in [1.82, 2.24) is 10.2 Å². The van der Waals surface area contributed by atoms with Gasteiger partial charge in [0.1, 0.15) is 0 Å². The molecule has 1 aliphatic rings. The van der Waals surface area contributed by atoms with Crippen LogP contribution in [0.25, 0.3) is 0 Å². The first kappa shape index (κ1) is 8.22. The van der Waals surface area contributed by atoms with Crippen LogP contribution in [0.2, 0.25) is 0 Å². The van der Waals surface area contributed by atoms with Crippen molar-refractivity contribution in [3.8, 4) is 0 Å². The fourth-order valence-electron chi connectivity index (χ4n) is 0.792. The highest BCUT2D eigenvalue weighted by Crippen LogP contribution is 2.06. The van der Waals surface area contributed by atoms with E-state index in [1.807, 2.05) is 5.32 Å². The van der Waals surface area contributed by atoms with Crippen LogP contribution >= 0.6 is 12.2 Å². The molecule has 0 aliphatic carbocycles. The van der Waals surface area contributed by atoms with E-state index in [1.165, 1.54) is 0 Å². The van der Waals surface area contributed by atoms with E-state index in [9.17, 15) is 4.79 Å². The van der Waals surface area contributed by atoms with Crippen LogP contribution in [-0.4, -0.2) is 45.5 Å². The number of aliphatic hydroxyl groups excluding tert-OH is 1. The molecule has 0 radical (unpaired) electrons. The lowest BCUT2D eigenvalue weighted by Gasteiger charge is -2.37. The number of nitrogens with one attached hydrogen (secondary N) is 1. The number of thiocarbonyl (C=S) groups is 1. The lowest BCUT2D eigenvalue weighted by Crippen LogP contribution is -2.57. The molecule has 6 heteroatoms. The van der Waals surface area contributed by atoms with Crippen LogP contribution in [0, 0.1) is 0 Å². The van der Waals surface area contributed by atoms with Gasteiger partial charge in [-0.3, -0.25) is 5.32 Å². The third kappa shape index (κ3) is 2.02. The largest absolute Gasteiger partial charge is 0.465 e. The van der Waals surface area contributed by atoms with Crippen LogP contribution in [0.15, 0.2) is 0 Å². The summed E-state index contributed by atoms with van der Waals surface area (Å²) in [6, 6.07) is 0. The number of carboxylic acid groups (broad SMARTS) is 1. The van der Waals surface area contributed by atoms with Crippen molar-refractivity contribution in [1.29, 1.82) is 0 Å². The lowest BCUT2D eigenvalue weighted by atomic mass is 10.2. The molecule has 0 saturated carbocycles. The van der Waals surface area contributed by atoms with Crippen molar-refractivity contribution in [2.45, 2.75) is 6.10 Å². The summed E-state index contributed by atoms with van der Waals surface area (Å²) in [7, 11) is 0. The quantitative estimate of drug-likeness (QED) is 0.422. The van der Waals surface area contributed by atoms with Gasteiger partial charge in [-0.1, -0.05) is 0 Å². The minimum Gasteiger partial charge on any atom is -0.465 e. The molecule has 1 saturated heterocycles. The molecule has 0 atom stereocenters. The normalized spacial score (nSPS) is 17.4. The van der Waals surface area contributed by atoms with Crippen molar-refractivity contribution >= 4 is 23.4 Å². The first-order chi connectivity index (χ1) is 5.09. The van der Waals surface area contributed by atoms with Crippen LogP contribution in [0.3, 0.4) is 0 Å². The maximum atomic E-state index is 10.0. The number of β-amino-alcohol motifs (C(OH)–C–C–N with tert-alkyl or cyclic N) is 1. The molecule has 62 valence electrons. The number of likely N-dealkylation sites (tertiary alicyclic amines) is 1. The summed E-state index contributed by atoms with van der Waals surface area (Å²) in [4.78, 5) is 11.6. The zero-order chi connectivity index (χ0) is 8.43. The van der Waals surface area contributed by atoms with Gasteiger partial charge in [-0.25, -0.2) is 4.79 Å². The maximum Gasteiger partial charge on any atom is 0.410 e. The van der Waals surface area contributed by atoms with Crippen LogP contribution < -0.4 is 5.32 Å². The third-order valence-corrected chi connectivity index (χ3v) is 1.72. The van der Waals surface area contributed by atoms with Gasteiger partial charge in [0, 0.05) is 13.1 Å². The number of rotatable bonds is 0. The Morgan fingerprint density at radius 1 is 1.64 bits per heavy atom. The molecule has 11 heavy (non-hydrogen) atoms. The van der Waals surface area contributed by atoms with Gasteiger partial charge in [0.05, 0.1) is 6.10 Å². The molecular formula is C5H8N2O3S. The molecule has 1 heterocycles. The Morgan fingerprint density at radius 2 is 2.18 bits per heavy atom. The van der Waals surface area contributed by atoms with Gasteiger partial charge in [-0.05, 0) is 12.2 Å². The lowest BCUT2D eigenvalue weighted by molar-refractivity contribution is 0.0461. The number of hydrogen-bond donors (Lipinski definition) is 3. The molecule has 5 nitrogen and oxygen atoms in total. The minimum atomic E-state index is -1.17. The molecule has 1 amide bonds. The maximum absolute atomic E-state index is 10.0. The van der Waals surface area contributed by atoms with Gasteiger partial charge >= 0.3 is 6.09 Å². The summed E-state index contributed by atoms with van der Waals surface area (Å²) < 4.78 is 0. The summed E-state index contributed by atoms with van der Waals surface area (Å²) in [5.74, 6) is 0. The Balaban J connectivity index is 2.27. The van der Waals surface area contributed by atoms with Gasteiger partial charge in [0.15, 0.2) is 5.11 Å². The topological polar surface area (TPSA) is 72.8 Å². The second kappa shape index (κ2) is 3.02. The van der Waals surface area contributed by atoms with Crippen LogP contribution in [-0.2, 0) is 0 Å². The van der Waals surface area contributed by atoms with Crippen molar-refractivity contribution in [2.75, 3.05) is 13.1 Å². The van der Waals surface area contributed by atoms with Crippen LogP contribution in [0.1, 0.15) is 0 Å². The zero-order valence-corrected chi connectivity index (χ0v) is 6.47. The number of hydrogen-bond acceptors (Lipinski definition) is 3. The van der Waals surface area contributed by atoms with E-state index in [0.29, 0.717) is 13.1 Å². The second-order valence-corrected chi connectivity index (χ2v) is 2.68. The van der Waals surface area contributed by atoms with Crippen LogP contribution in [0.5, 0.6) is 0 Å². The van der Waals surface area contributed by atoms with Crippen LogP contribution in [0.4, 0.5) is 4.79 Å². The average Bonchev–Trinajstić information content (AvgIpc) is 1.79. The molecule has 1 fully saturated rings. The Morgan fingerprint density at radius 3 is 2.55 bits per heavy atom. The second-order valence-electron chi connectivity index (χ2n) is 2.29. The van der Waals surface area contributed by atoms with E-state index >= 15 is 0 Å². The smallest absolute Gasteiger partial charge is 0.410 e. The summed E-state index contributed by atoms with van der Waals surface area (Å²) in [6.07, 6.45) is -1.54. The Hall–Kier alpha value is -0.880. The number of carbonyl (C=O) groups is 1. The summed E-state index contributed by atoms with van der Waals surface area (Å²) in [5, 5.41) is 19.2. The number of amides is 1. The van der Waals surface area contributed by atoms with E-state index in [1.54, 1.807) is 4.90 Å². The molecule has 0 aromatic rings. The van der Waals surface area contributed by atoms with Crippen molar-refractivity contribution in [2.24, 2.45) is 0 Å². The van der Waals surface area contributed by atoms with Gasteiger partial charge < -0.3 is 15.1 Å². The molecule has 0 unspecified atom stereocenters. The molecule has 0 aromatic carbocycles. The molecule has 0 spiro atoms. The molecular weight excluding hydrogens is 168 g/mol. The average molecular weight is 176 g/mol. The highest BCUT2D eigenvalue weighted by atomic mass is 32.1. The number of nitrogens with zero attached hydrogens (tertiary/aromatic N) is 1. The van der Waals surface area contributed by atoms with E-state index in [2.05, 4.69) is 12.2 Å². The highest BCUT2D eigenvalue weighted by molar-refractivity contribution is 7.80. The standard InChI is InChI=1S/C5H8N2O3S/c8-3-1-7(2-3)4(11)6-5(9)10/h3,8H,1-2H2,(H,6,11)(H,9,10). The number of aliphatic hydroxyl groups is 1. The monoisotopic (exact) mass is 176 g/mol. The van der Waals surface area contributed by atoms with Gasteiger partial charge in [0.2, 0.25) is 0 Å². The molecule has 3 N–H and O–H groups in total. The van der Waals surface area contributed by atoms with Gasteiger partial charge in [-0.15, -0.1) is 0 Å². The third-order valence-electron chi connectivity index (χ3n) is 1.36. The van der Waals surface area contributed by atoms with Gasteiger partial charge in [-0.2, -0.15) is 0 Å². The first-order valence-corrected chi connectivity index (χ1v) is 3.47. The fourth-order valence-corrected chi connectivity index (χ4v) is 1.03. The SMILES string of the molecule is O=C(O)NC(=S)N1CC(O)C1. The highest BCUT2D eigenvalue weighted by Gasteiger charge is 2.26. The first-order valence-electron chi connectivity index (χ1n) is 3.06. The summed E-state index contributed by atoms with van der Waals surface area (Å²) in [6.45, 7) is 0.832. The molecule has 1 aliphatic heterocycles. The molecule has 1 rings (SSSR count). The fraction of sp³-hybridized carbons (Fsp3) is 0.600. The summed E-state index contributed by atoms with van der Waals surface area (Å²) >= 11 is 4.68. The predicted octanol–water partition coefficient (Wildman–Crippen LogP) is -0.785. The van der Waals surface area contributed by atoms with Crippen molar-refractivity contribution < 1.29 is 15.0 Å². The van der Waals surface area contributed by atoms with E-state index < -0.39 is 6.09 Å². The van der Waals surface area contributed by atoms with E-state index in [0.717, 1.165) is 0 Å². The Labute approximate surface area is 68.6 Å². The predicted molar refractivity (Wildman–Crippen MR) is 41.3 cm³/mol. The van der Waals surface area contributed by atoms with Gasteiger partial charge in [0.25, 0.3) is 0 Å². The van der Waals surface area contributed by atoms with Crippen molar-refractivity contribution in [3.63, 3.8) is 0 Å². The summed E-state index contributed by atoms with van der Waals surface area (Å²) in [5.41, 5.74) is 0. The zero-order valence-electron chi connectivity index (χ0n) is 5.65. The molecule has 0 aromatic heterocycles.